The number of carbonyl (C=O) groups is 3. The van der Waals surface area contributed by atoms with E-state index in [-0.39, 0.29) is 17.2 Å². The molecule has 0 spiro atoms. The number of nitrogens with zero attached hydrogens (tertiary/aromatic N) is 3. The number of carbonyl (C=O) groups excluding carboxylic acids is 3. The highest BCUT2D eigenvalue weighted by Gasteiger charge is 2.64. The van der Waals surface area contributed by atoms with Crippen LogP contribution in [0, 0.1) is 22.0 Å². The van der Waals surface area contributed by atoms with Gasteiger partial charge in [-0.3, -0.25) is 24.5 Å². The molecule has 3 heterocycles. The lowest BCUT2D eigenvalue weighted by Crippen LogP contribution is -2.44. The molecular weight excluding hydrogens is 482 g/mol. The first kappa shape index (κ1) is 22.2. The van der Waals surface area contributed by atoms with Crippen LogP contribution in [0.2, 0.25) is 5.02 Å². The van der Waals surface area contributed by atoms with Crippen LogP contribution in [-0.2, 0) is 9.59 Å². The summed E-state index contributed by atoms with van der Waals surface area (Å²) in [6, 6.07) is 17.9. The number of halogens is 1. The number of ketones is 1. The van der Waals surface area contributed by atoms with Crippen molar-refractivity contribution in [3.63, 3.8) is 0 Å². The number of rotatable bonds is 4. The third kappa shape index (κ3) is 3.18. The Morgan fingerprint density at radius 3 is 2.39 bits per heavy atom. The minimum absolute atomic E-state index is 0.117. The minimum atomic E-state index is -1.000. The molecule has 0 aromatic heterocycles. The summed E-state index contributed by atoms with van der Waals surface area (Å²) in [6.07, 6.45) is 3.60. The zero-order valence-electron chi connectivity index (χ0n) is 18.7. The van der Waals surface area contributed by atoms with Crippen LogP contribution >= 0.6 is 11.6 Å². The summed E-state index contributed by atoms with van der Waals surface area (Å²) < 4.78 is 0. The molecule has 6 rings (SSSR count). The van der Waals surface area contributed by atoms with Crippen LogP contribution in [0.3, 0.4) is 0 Å². The summed E-state index contributed by atoms with van der Waals surface area (Å²) in [5.74, 6) is -3.06. The highest BCUT2D eigenvalue weighted by atomic mass is 35.5. The van der Waals surface area contributed by atoms with E-state index >= 15 is 0 Å². The maximum absolute atomic E-state index is 13.9. The van der Waals surface area contributed by atoms with Gasteiger partial charge in [-0.25, -0.2) is 4.90 Å². The number of imide groups is 1. The summed E-state index contributed by atoms with van der Waals surface area (Å²) in [5.41, 5.74) is 2.04. The van der Waals surface area contributed by atoms with Crippen LogP contribution in [0.15, 0.2) is 79.0 Å². The quantitative estimate of drug-likeness (QED) is 0.224. The molecule has 0 N–H and O–H groups in total. The summed E-state index contributed by atoms with van der Waals surface area (Å²) in [5, 5.41) is 11.8. The lowest BCUT2D eigenvalue weighted by atomic mass is 9.83. The van der Waals surface area contributed by atoms with Gasteiger partial charge in [-0.05, 0) is 41.5 Å². The minimum Gasteiger partial charge on any atom is -0.358 e. The largest absolute Gasteiger partial charge is 0.358 e. The van der Waals surface area contributed by atoms with Gasteiger partial charge in [0.15, 0.2) is 5.78 Å². The molecule has 3 aromatic carbocycles. The van der Waals surface area contributed by atoms with Crippen molar-refractivity contribution in [1.29, 1.82) is 0 Å². The predicted octanol–water partition coefficient (Wildman–Crippen LogP) is 4.65. The summed E-state index contributed by atoms with van der Waals surface area (Å²) in [4.78, 5) is 55.2. The molecule has 3 aliphatic rings. The van der Waals surface area contributed by atoms with Gasteiger partial charge < -0.3 is 4.90 Å². The van der Waals surface area contributed by atoms with Gasteiger partial charge in [0.2, 0.25) is 11.8 Å². The molecule has 0 saturated carbocycles. The lowest BCUT2D eigenvalue weighted by molar-refractivity contribution is -0.384. The number of anilines is 1. The molecule has 0 radical (unpaired) electrons. The van der Waals surface area contributed by atoms with E-state index in [1.165, 1.54) is 24.3 Å². The summed E-state index contributed by atoms with van der Waals surface area (Å²) in [7, 11) is 0. The Morgan fingerprint density at radius 1 is 0.917 bits per heavy atom. The standard InChI is InChI=1S/C27H18ClN3O5/c28-17-8-10-18(11-9-17)30-26(33)21-22(27(30)34)24(25(32)16-5-3-6-19(14-16)31(35)36)29-13-12-15-4-1-2-7-20(15)23(21)29/h1-14,21-24H/t21-,22-,23-,24+/m1/s1. The first-order valence-corrected chi connectivity index (χ1v) is 11.7. The molecule has 3 aliphatic heterocycles. The van der Waals surface area contributed by atoms with Gasteiger partial charge in [0.25, 0.3) is 5.69 Å². The molecule has 9 heteroatoms. The van der Waals surface area contributed by atoms with Gasteiger partial charge in [-0.2, -0.15) is 0 Å². The van der Waals surface area contributed by atoms with E-state index in [2.05, 4.69) is 0 Å². The lowest BCUT2D eigenvalue weighted by Gasteiger charge is -2.35. The fourth-order valence-corrected chi connectivity index (χ4v) is 5.77. The number of non-ortho nitro benzene ring substituents is 1. The molecule has 3 aromatic rings. The van der Waals surface area contributed by atoms with Gasteiger partial charge in [0.1, 0.15) is 6.04 Å². The molecule has 178 valence electrons. The van der Waals surface area contributed by atoms with Gasteiger partial charge in [0.05, 0.1) is 28.5 Å². The van der Waals surface area contributed by atoms with E-state index in [9.17, 15) is 24.5 Å². The van der Waals surface area contributed by atoms with Crippen LogP contribution in [-0.4, -0.2) is 33.5 Å². The number of benzene rings is 3. The SMILES string of the molecule is O=C(c1cccc([N+](=O)[O-])c1)[C@@H]1[C@@H]2C(=O)N(c3ccc(Cl)cc3)C(=O)[C@H]2[C@H]2c3ccccc3C=CN12. The van der Waals surface area contributed by atoms with Crippen molar-refractivity contribution in [2.24, 2.45) is 11.8 Å². The molecule has 2 saturated heterocycles. The molecule has 0 bridgehead atoms. The Kier molecular flexibility index (Phi) is 5.01. The number of hydrogen-bond donors (Lipinski definition) is 0. The Morgan fingerprint density at radius 2 is 1.64 bits per heavy atom. The molecule has 0 aliphatic carbocycles. The molecule has 0 unspecified atom stereocenters. The highest BCUT2D eigenvalue weighted by molar-refractivity contribution is 6.31. The number of hydrogen-bond acceptors (Lipinski definition) is 6. The van der Waals surface area contributed by atoms with Crippen LogP contribution in [0.25, 0.3) is 6.08 Å². The monoisotopic (exact) mass is 499 g/mol. The average Bonchev–Trinajstić information content (AvgIpc) is 3.37. The zero-order valence-corrected chi connectivity index (χ0v) is 19.4. The van der Waals surface area contributed by atoms with Gasteiger partial charge >= 0.3 is 0 Å². The predicted molar refractivity (Wildman–Crippen MR) is 132 cm³/mol. The van der Waals surface area contributed by atoms with E-state index in [1.54, 1.807) is 35.4 Å². The van der Waals surface area contributed by atoms with Gasteiger partial charge in [-0.1, -0.05) is 48.0 Å². The number of amides is 2. The third-order valence-corrected chi connectivity index (χ3v) is 7.41. The topological polar surface area (TPSA) is 101 Å². The first-order valence-electron chi connectivity index (χ1n) is 11.3. The average molecular weight is 500 g/mol. The van der Waals surface area contributed by atoms with E-state index in [4.69, 9.17) is 11.6 Å². The van der Waals surface area contributed by atoms with Crippen LogP contribution < -0.4 is 4.90 Å². The first-order chi connectivity index (χ1) is 17.4. The molecule has 2 fully saturated rings. The van der Waals surface area contributed by atoms with Crippen LogP contribution in [0.5, 0.6) is 0 Å². The van der Waals surface area contributed by atoms with Crippen molar-refractivity contribution in [3.05, 3.63) is 111 Å². The number of nitro groups is 1. The Labute approximate surface area is 210 Å². The highest BCUT2D eigenvalue weighted by Crippen LogP contribution is 2.53. The van der Waals surface area contributed by atoms with Gasteiger partial charge in [-0.15, -0.1) is 0 Å². The van der Waals surface area contributed by atoms with E-state index in [0.717, 1.165) is 16.0 Å². The molecule has 8 nitrogen and oxygen atoms in total. The van der Waals surface area contributed by atoms with Crippen LogP contribution in [0.1, 0.15) is 27.5 Å². The van der Waals surface area contributed by atoms with Crippen molar-refractivity contribution < 1.29 is 19.3 Å². The zero-order chi connectivity index (χ0) is 25.1. The van der Waals surface area contributed by atoms with Gasteiger partial charge in [0, 0.05) is 28.9 Å². The fourth-order valence-electron chi connectivity index (χ4n) is 5.65. The van der Waals surface area contributed by atoms with Crippen molar-refractivity contribution in [1.82, 2.24) is 4.90 Å². The second-order valence-corrected chi connectivity index (χ2v) is 9.43. The third-order valence-electron chi connectivity index (χ3n) is 7.16. The molecular formula is C27H18ClN3O5. The van der Waals surface area contributed by atoms with E-state index in [1.807, 2.05) is 30.3 Å². The second kappa shape index (κ2) is 8.13. The maximum atomic E-state index is 13.9. The Bertz CT molecular complexity index is 1480. The van der Waals surface area contributed by atoms with E-state index in [0.29, 0.717) is 10.7 Å². The Balaban J connectivity index is 1.49. The fraction of sp³-hybridized carbons (Fsp3) is 0.148. The summed E-state index contributed by atoms with van der Waals surface area (Å²) in [6.45, 7) is 0. The number of nitro benzene ring substituents is 1. The Hall–Kier alpha value is -4.30. The van der Waals surface area contributed by atoms with E-state index < -0.39 is 40.5 Å². The van der Waals surface area contributed by atoms with Crippen molar-refractivity contribution >= 4 is 46.6 Å². The maximum Gasteiger partial charge on any atom is 0.270 e. The smallest absolute Gasteiger partial charge is 0.270 e. The normalized spacial score (nSPS) is 23.9. The number of fused-ring (bicyclic) bond motifs is 5. The van der Waals surface area contributed by atoms with Crippen LogP contribution in [0.4, 0.5) is 11.4 Å². The molecule has 2 amide bonds. The summed E-state index contributed by atoms with van der Waals surface area (Å²) >= 11 is 6.01. The van der Waals surface area contributed by atoms with Crippen molar-refractivity contribution in [3.8, 4) is 0 Å². The van der Waals surface area contributed by atoms with Crippen molar-refractivity contribution in [2.75, 3.05) is 4.90 Å². The van der Waals surface area contributed by atoms with Crippen molar-refractivity contribution in [2.45, 2.75) is 12.1 Å². The molecule has 36 heavy (non-hydrogen) atoms. The second-order valence-electron chi connectivity index (χ2n) is 8.99. The number of Topliss-reactive ketones (excluding diaryl/α,β-unsaturated/α-hetero) is 1. The molecule has 4 atom stereocenters.